The van der Waals surface area contributed by atoms with Gasteiger partial charge in [-0.15, -0.1) is 0 Å². The van der Waals surface area contributed by atoms with Crippen molar-refractivity contribution in [1.29, 1.82) is 0 Å². The van der Waals surface area contributed by atoms with Crippen molar-refractivity contribution in [3.05, 3.63) is 65.2 Å². The molecule has 0 spiro atoms. The second kappa shape index (κ2) is 7.22. The zero-order valence-electron chi connectivity index (χ0n) is 16.2. The molecule has 4 rings (SSSR count). The first-order valence-corrected chi connectivity index (χ1v) is 9.43. The molecular formula is C22H21F3N2O2. The van der Waals surface area contributed by atoms with E-state index in [-0.39, 0.29) is 29.2 Å². The van der Waals surface area contributed by atoms with Crippen LogP contribution in [-0.2, 0) is 19.4 Å². The molecule has 3 aromatic rings. The van der Waals surface area contributed by atoms with Crippen LogP contribution in [0.15, 0.2) is 36.7 Å². The van der Waals surface area contributed by atoms with E-state index in [9.17, 15) is 18.3 Å². The molecule has 7 heteroatoms. The summed E-state index contributed by atoms with van der Waals surface area (Å²) in [6.07, 6.45) is 4.96. The zero-order chi connectivity index (χ0) is 20.8. The first-order chi connectivity index (χ1) is 13.7. The number of halogens is 3. The molecule has 0 aliphatic heterocycles. The Labute approximate surface area is 166 Å². The molecule has 0 fully saturated rings. The van der Waals surface area contributed by atoms with Crippen molar-refractivity contribution >= 4 is 0 Å². The highest BCUT2D eigenvalue weighted by Crippen LogP contribution is 2.37. The average Bonchev–Trinajstić information content (AvgIpc) is 3.26. The highest BCUT2D eigenvalue weighted by Gasteiger charge is 2.22. The Kier molecular flexibility index (Phi) is 4.86. The molecule has 0 radical (unpaired) electrons. The van der Waals surface area contributed by atoms with Crippen molar-refractivity contribution in [3.8, 4) is 22.6 Å². The van der Waals surface area contributed by atoms with Crippen molar-refractivity contribution in [3.63, 3.8) is 0 Å². The maximum absolute atomic E-state index is 14.7. The van der Waals surface area contributed by atoms with Crippen molar-refractivity contribution in [2.75, 3.05) is 0 Å². The summed E-state index contributed by atoms with van der Waals surface area (Å²) in [5, 5.41) is 13.9. The van der Waals surface area contributed by atoms with Crippen molar-refractivity contribution in [2.24, 2.45) is 0 Å². The fraction of sp³-hybridized carbons (Fsp3) is 0.318. The number of hydrogen-bond acceptors (Lipinski definition) is 3. The summed E-state index contributed by atoms with van der Waals surface area (Å²) in [7, 11) is 0. The monoisotopic (exact) mass is 402 g/mol. The van der Waals surface area contributed by atoms with Crippen LogP contribution in [0.3, 0.4) is 0 Å². The summed E-state index contributed by atoms with van der Waals surface area (Å²) in [4.78, 5) is 0. The lowest BCUT2D eigenvalue weighted by Gasteiger charge is -2.16. The number of ether oxygens (including phenoxy) is 1. The van der Waals surface area contributed by atoms with Crippen LogP contribution in [-0.4, -0.2) is 20.5 Å². The second-order valence-corrected chi connectivity index (χ2v) is 7.96. The highest BCUT2D eigenvalue weighted by atomic mass is 19.1. The standard InChI is InChI=1S/C22H21F3N2O2/c1-22(2,28)12-27-11-13(10-26-27)21-18(24)8-14(9-19(21)25)29-20-7-6-17(23)15-4-3-5-16(15)20/h6-11,28H,3-5,12H2,1-2H3. The van der Waals surface area contributed by atoms with Crippen molar-refractivity contribution < 1.29 is 23.0 Å². The van der Waals surface area contributed by atoms with Crippen LogP contribution in [0.2, 0.25) is 0 Å². The van der Waals surface area contributed by atoms with E-state index in [0.29, 0.717) is 24.2 Å². The Bertz CT molecular complexity index is 1050. The number of aliphatic hydroxyl groups is 1. The number of fused-ring (bicyclic) bond motifs is 1. The van der Waals surface area contributed by atoms with Gasteiger partial charge in [-0.1, -0.05) is 0 Å². The quantitative estimate of drug-likeness (QED) is 0.652. The van der Waals surface area contributed by atoms with E-state index in [4.69, 9.17) is 4.74 Å². The summed E-state index contributed by atoms with van der Waals surface area (Å²) in [6.45, 7) is 3.43. The molecule has 0 saturated carbocycles. The molecule has 0 unspecified atom stereocenters. The second-order valence-electron chi connectivity index (χ2n) is 7.96. The van der Waals surface area contributed by atoms with E-state index in [1.165, 1.54) is 29.2 Å². The number of nitrogens with zero attached hydrogens (tertiary/aromatic N) is 2. The molecule has 0 bridgehead atoms. The fourth-order valence-corrected chi connectivity index (χ4v) is 3.71. The fourth-order valence-electron chi connectivity index (χ4n) is 3.71. The average molecular weight is 402 g/mol. The Morgan fingerprint density at radius 2 is 1.76 bits per heavy atom. The maximum atomic E-state index is 14.7. The number of hydrogen-bond donors (Lipinski definition) is 1. The lowest BCUT2D eigenvalue weighted by molar-refractivity contribution is 0.0577. The third-order valence-corrected chi connectivity index (χ3v) is 4.90. The molecule has 0 amide bonds. The predicted molar refractivity (Wildman–Crippen MR) is 102 cm³/mol. The van der Waals surface area contributed by atoms with Gasteiger partial charge in [0.05, 0.1) is 23.9 Å². The molecule has 1 aliphatic rings. The molecule has 4 nitrogen and oxygen atoms in total. The van der Waals surface area contributed by atoms with E-state index < -0.39 is 17.2 Å². The third kappa shape index (κ3) is 4.00. The number of aromatic nitrogens is 2. The van der Waals surface area contributed by atoms with E-state index in [1.807, 2.05) is 0 Å². The van der Waals surface area contributed by atoms with Crippen LogP contribution in [0.5, 0.6) is 11.5 Å². The van der Waals surface area contributed by atoms with Gasteiger partial charge in [0.2, 0.25) is 0 Å². The Morgan fingerprint density at radius 3 is 2.45 bits per heavy atom. The van der Waals surface area contributed by atoms with Gasteiger partial charge in [-0.05, 0) is 50.8 Å². The van der Waals surface area contributed by atoms with Gasteiger partial charge in [-0.2, -0.15) is 5.10 Å². The minimum atomic E-state index is -1.01. The minimum absolute atomic E-state index is 0.00772. The molecule has 0 saturated heterocycles. The number of rotatable bonds is 5. The van der Waals surface area contributed by atoms with E-state index >= 15 is 0 Å². The normalized spacial score (nSPS) is 13.6. The van der Waals surface area contributed by atoms with Gasteiger partial charge in [0.1, 0.15) is 29.0 Å². The topological polar surface area (TPSA) is 47.3 Å². The van der Waals surface area contributed by atoms with Gasteiger partial charge in [0, 0.05) is 29.5 Å². The molecule has 1 N–H and O–H groups in total. The number of benzene rings is 2. The molecule has 1 aromatic heterocycles. The van der Waals surface area contributed by atoms with E-state index in [1.54, 1.807) is 13.8 Å². The van der Waals surface area contributed by atoms with Gasteiger partial charge in [0.25, 0.3) is 0 Å². The Hall–Kier alpha value is -2.80. The van der Waals surface area contributed by atoms with Crippen LogP contribution in [0.1, 0.15) is 31.4 Å². The maximum Gasteiger partial charge on any atom is 0.137 e. The van der Waals surface area contributed by atoms with Crippen LogP contribution in [0.4, 0.5) is 13.2 Å². The van der Waals surface area contributed by atoms with Crippen LogP contribution < -0.4 is 4.74 Å². The molecule has 152 valence electrons. The summed E-state index contributed by atoms with van der Waals surface area (Å²) in [5.74, 6) is -1.43. The molecule has 29 heavy (non-hydrogen) atoms. The summed E-state index contributed by atoms with van der Waals surface area (Å²) in [6, 6.07) is 5.02. The third-order valence-electron chi connectivity index (χ3n) is 4.90. The SMILES string of the molecule is CC(C)(O)Cn1cc(-c2c(F)cc(Oc3ccc(F)c4c3CCC4)cc2F)cn1. The first kappa shape index (κ1) is 19.5. The Balaban J connectivity index is 1.63. The van der Waals surface area contributed by atoms with E-state index in [0.717, 1.165) is 24.1 Å². The van der Waals surface area contributed by atoms with Crippen molar-refractivity contribution in [2.45, 2.75) is 45.3 Å². The van der Waals surface area contributed by atoms with Gasteiger partial charge in [0.15, 0.2) is 0 Å². The van der Waals surface area contributed by atoms with Gasteiger partial charge >= 0.3 is 0 Å². The van der Waals surface area contributed by atoms with Crippen LogP contribution in [0, 0.1) is 17.5 Å². The highest BCUT2D eigenvalue weighted by molar-refractivity contribution is 5.64. The summed E-state index contributed by atoms with van der Waals surface area (Å²) < 4.78 is 50.5. The van der Waals surface area contributed by atoms with Gasteiger partial charge in [-0.3, -0.25) is 4.68 Å². The largest absolute Gasteiger partial charge is 0.457 e. The molecule has 0 atom stereocenters. The summed E-state index contributed by atoms with van der Waals surface area (Å²) >= 11 is 0. The minimum Gasteiger partial charge on any atom is -0.457 e. The Morgan fingerprint density at radius 1 is 1.07 bits per heavy atom. The molecule has 1 aliphatic carbocycles. The molecule has 2 aromatic carbocycles. The van der Waals surface area contributed by atoms with Crippen molar-refractivity contribution in [1.82, 2.24) is 9.78 Å². The van der Waals surface area contributed by atoms with E-state index in [2.05, 4.69) is 5.10 Å². The van der Waals surface area contributed by atoms with Crippen LogP contribution >= 0.6 is 0 Å². The first-order valence-electron chi connectivity index (χ1n) is 9.43. The summed E-state index contributed by atoms with van der Waals surface area (Å²) in [5.41, 5.74) is 0.400. The molecular weight excluding hydrogens is 381 g/mol. The van der Waals surface area contributed by atoms with Gasteiger partial charge in [-0.25, -0.2) is 13.2 Å². The molecule has 1 heterocycles. The lowest BCUT2D eigenvalue weighted by Crippen LogP contribution is -2.26. The van der Waals surface area contributed by atoms with Crippen LogP contribution in [0.25, 0.3) is 11.1 Å². The lowest BCUT2D eigenvalue weighted by atomic mass is 10.1. The predicted octanol–water partition coefficient (Wildman–Crippen LogP) is 5.02. The smallest absolute Gasteiger partial charge is 0.137 e. The van der Waals surface area contributed by atoms with Gasteiger partial charge < -0.3 is 9.84 Å². The zero-order valence-corrected chi connectivity index (χ0v) is 16.2.